The highest BCUT2D eigenvalue weighted by Gasteiger charge is 2.14. The molecule has 8 nitrogen and oxygen atoms in total. The standard InChI is InChI=1S/C18H30N2O6/c1-13-9-23-7-5-22-6-8-24-10-14(2)26-12-17-19-16(11-25-13)15(3)18(20-17)21-4/h13-14H,5-12H2,1-4H3. The Bertz CT molecular complexity index is 543. The molecule has 1 aliphatic rings. The van der Waals surface area contributed by atoms with Gasteiger partial charge in [0.05, 0.1) is 71.3 Å². The number of hydrogen-bond acceptors (Lipinski definition) is 8. The van der Waals surface area contributed by atoms with Crippen LogP contribution in [0.5, 0.6) is 5.88 Å². The van der Waals surface area contributed by atoms with Gasteiger partial charge < -0.3 is 28.4 Å². The molecule has 8 heteroatoms. The van der Waals surface area contributed by atoms with E-state index in [1.807, 2.05) is 20.8 Å². The van der Waals surface area contributed by atoms with E-state index in [2.05, 4.69) is 9.97 Å². The Balaban J connectivity index is 2.07. The average Bonchev–Trinajstić information content (AvgIpc) is 2.64. The molecule has 0 aromatic carbocycles. The maximum atomic E-state index is 5.86. The van der Waals surface area contributed by atoms with Gasteiger partial charge in [-0.15, -0.1) is 0 Å². The highest BCUT2D eigenvalue weighted by atomic mass is 16.6. The van der Waals surface area contributed by atoms with Crippen LogP contribution in [0.25, 0.3) is 0 Å². The summed E-state index contributed by atoms with van der Waals surface area (Å²) in [6.45, 7) is 9.56. The van der Waals surface area contributed by atoms with Gasteiger partial charge >= 0.3 is 0 Å². The lowest BCUT2D eigenvalue weighted by molar-refractivity contribution is -0.0487. The van der Waals surface area contributed by atoms with Crippen LogP contribution < -0.4 is 4.74 Å². The lowest BCUT2D eigenvalue weighted by Gasteiger charge is -2.17. The zero-order valence-corrected chi connectivity index (χ0v) is 16.2. The van der Waals surface area contributed by atoms with E-state index in [4.69, 9.17) is 28.4 Å². The Labute approximate surface area is 155 Å². The molecule has 0 spiro atoms. The minimum absolute atomic E-state index is 0.0581. The Morgan fingerprint density at radius 1 is 0.846 bits per heavy atom. The average molecular weight is 370 g/mol. The van der Waals surface area contributed by atoms with Gasteiger partial charge in [0.1, 0.15) is 6.61 Å². The molecule has 0 amide bonds. The molecule has 2 unspecified atom stereocenters. The summed E-state index contributed by atoms with van der Waals surface area (Å²) in [4.78, 5) is 8.98. The fraction of sp³-hybridized carbons (Fsp3) is 0.778. The van der Waals surface area contributed by atoms with E-state index in [0.717, 1.165) is 11.3 Å². The molecule has 1 aliphatic heterocycles. The molecule has 0 aliphatic carbocycles. The van der Waals surface area contributed by atoms with Gasteiger partial charge in [-0.05, 0) is 20.8 Å². The third kappa shape index (κ3) is 7.13. The quantitative estimate of drug-likeness (QED) is 0.738. The van der Waals surface area contributed by atoms with Crippen LogP contribution in [0, 0.1) is 6.92 Å². The summed E-state index contributed by atoms with van der Waals surface area (Å²) in [6.07, 6.45) is -0.134. The molecule has 0 saturated heterocycles. The summed E-state index contributed by atoms with van der Waals surface area (Å²) in [5.41, 5.74) is 1.65. The van der Waals surface area contributed by atoms with Crippen molar-refractivity contribution in [1.82, 2.24) is 9.97 Å². The molecule has 1 aromatic rings. The third-order valence-corrected chi connectivity index (χ3v) is 3.89. The molecule has 0 fully saturated rings. The van der Waals surface area contributed by atoms with E-state index in [1.165, 1.54) is 0 Å². The molecule has 0 saturated carbocycles. The van der Waals surface area contributed by atoms with E-state index in [1.54, 1.807) is 7.11 Å². The van der Waals surface area contributed by atoms with Crippen molar-refractivity contribution >= 4 is 0 Å². The smallest absolute Gasteiger partial charge is 0.219 e. The molecule has 26 heavy (non-hydrogen) atoms. The van der Waals surface area contributed by atoms with Crippen LogP contribution in [0.4, 0.5) is 0 Å². The van der Waals surface area contributed by atoms with Gasteiger partial charge in [-0.25, -0.2) is 4.98 Å². The molecule has 2 rings (SSSR count). The maximum Gasteiger partial charge on any atom is 0.219 e. The first-order valence-corrected chi connectivity index (χ1v) is 8.97. The number of ether oxygens (including phenoxy) is 6. The van der Waals surface area contributed by atoms with Gasteiger partial charge in [0.2, 0.25) is 5.88 Å². The number of fused-ring (bicyclic) bond motifs is 2. The van der Waals surface area contributed by atoms with Crippen molar-refractivity contribution in [2.45, 2.75) is 46.2 Å². The van der Waals surface area contributed by atoms with Gasteiger partial charge in [0, 0.05) is 5.56 Å². The second-order valence-electron chi connectivity index (χ2n) is 6.23. The number of hydrogen-bond donors (Lipinski definition) is 0. The molecular formula is C18H30N2O6. The fourth-order valence-corrected chi connectivity index (χ4v) is 2.36. The first kappa shape index (κ1) is 21.0. The van der Waals surface area contributed by atoms with E-state index < -0.39 is 0 Å². The van der Waals surface area contributed by atoms with Gasteiger partial charge in [-0.3, -0.25) is 0 Å². The van der Waals surface area contributed by atoms with Gasteiger partial charge in [-0.2, -0.15) is 4.98 Å². The molecule has 0 radical (unpaired) electrons. The van der Waals surface area contributed by atoms with Crippen molar-refractivity contribution in [3.8, 4) is 5.88 Å². The van der Waals surface area contributed by atoms with Crippen molar-refractivity contribution in [3.05, 3.63) is 17.1 Å². The van der Waals surface area contributed by atoms with E-state index in [-0.39, 0.29) is 18.8 Å². The lowest BCUT2D eigenvalue weighted by atomic mass is 10.2. The Hall–Kier alpha value is -1.32. The van der Waals surface area contributed by atoms with Gasteiger partial charge in [-0.1, -0.05) is 0 Å². The maximum absolute atomic E-state index is 5.86. The summed E-state index contributed by atoms with van der Waals surface area (Å²) < 4.78 is 33.6. The van der Waals surface area contributed by atoms with Crippen LogP contribution in [0.1, 0.15) is 30.9 Å². The molecule has 1 aromatic heterocycles. The largest absolute Gasteiger partial charge is 0.481 e. The van der Waals surface area contributed by atoms with Gasteiger partial charge in [0.15, 0.2) is 5.82 Å². The zero-order valence-electron chi connectivity index (χ0n) is 16.2. The Morgan fingerprint density at radius 2 is 1.42 bits per heavy atom. The topological polar surface area (TPSA) is 81.2 Å². The van der Waals surface area contributed by atoms with E-state index in [0.29, 0.717) is 58.0 Å². The number of rotatable bonds is 1. The monoisotopic (exact) mass is 370 g/mol. The van der Waals surface area contributed by atoms with E-state index >= 15 is 0 Å². The van der Waals surface area contributed by atoms with Gasteiger partial charge in [0.25, 0.3) is 0 Å². The number of methoxy groups -OCH3 is 1. The summed E-state index contributed by atoms with van der Waals surface area (Å²) in [5, 5.41) is 0. The normalized spacial score (nSPS) is 24.5. The zero-order chi connectivity index (χ0) is 18.8. The van der Waals surface area contributed by atoms with Crippen LogP contribution in [0.3, 0.4) is 0 Å². The van der Waals surface area contributed by atoms with Crippen molar-refractivity contribution in [3.63, 3.8) is 0 Å². The van der Waals surface area contributed by atoms with Crippen molar-refractivity contribution in [1.29, 1.82) is 0 Å². The lowest BCUT2D eigenvalue weighted by Crippen LogP contribution is -2.21. The molecule has 0 N–H and O–H groups in total. The van der Waals surface area contributed by atoms with Crippen LogP contribution in [-0.2, 0) is 36.9 Å². The second kappa shape index (κ2) is 11.4. The van der Waals surface area contributed by atoms with Crippen LogP contribution in [0.2, 0.25) is 0 Å². The SMILES string of the molecule is COc1nc2nc(c1C)COC(C)COCCOCCOCC(C)OC2. The highest BCUT2D eigenvalue weighted by Crippen LogP contribution is 2.19. The molecule has 2 bridgehead atoms. The molecular weight excluding hydrogens is 340 g/mol. The third-order valence-electron chi connectivity index (χ3n) is 3.89. The Kier molecular flexibility index (Phi) is 9.21. The summed E-state index contributed by atoms with van der Waals surface area (Å²) in [7, 11) is 1.60. The minimum atomic E-state index is -0.0761. The second-order valence-corrected chi connectivity index (χ2v) is 6.23. The molecule has 148 valence electrons. The highest BCUT2D eigenvalue weighted by molar-refractivity contribution is 5.29. The summed E-state index contributed by atoms with van der Waals surface area (Å²) in [5.74, 6) is 1.10. The fourth-order valence-electron chi connectivity index (χ4n) is 2.36. The predicted molar refractivity (Wildman–Crippen MR) is 94.3 cm³/mol. The minimum Gasteiger partial charge on any atom is -0.481 e. The first-order chi connectivity index (χ1) is 12.6. The van der Waals surface area contributed by atoms with Crippen LogP contribution >= 0.6 is 0 Å². The predicted octanol–water partition coefficient (Wildman–Crippen LogP) is 1.67. The van der Waals surface area contributed by atoms with Crippen molar-refractivity contribution < 1.29 is 28.4 Å². The van der Waals surface area contributed by atoms with E-state index in [9.17, 15) is 0 Å². The first-order valence-electron chi connectivity index (χ1n) is 8.97. The molecule has 2 atom stereocenters. The van der Waals surface area contributed by atoms with Crippen LogP contribution in [0.15, 0.2) is 0 Å². The molecule has 2 heterocycles. The summed E-state index contributed by atoms with van der Waals surface area (Å²) in [6, 6.07) is 0. The summed E-state index contributed by atoms with van der Waals surface area (Å²) >= 11 is 0. The Morgan fingerprint density at radius 3 is 2.04 bits per heavy atom. The van der Waals surface area contributed by atoms with Crippen molar-refractivity contribution in [2.75, 3.05) is 46.8 Å². The van der Waals surface area contributed by atoms with Crippen LogP contribution in [-0.4, -0.2) is 68.9 Å². The number of aromatic nitrogens is 2. The van der Waals surface area contributed by atoms with Crippen molar-refractivity contribution in [2.24, 2.45) is 0 Å². The number of nitrogens with zero attached hydrogens (tertiary/aromatic N) is 2.